The van der Waals surface area contributed by atoms with E-state index in [2.05, 4.69) is 4.98 Å². The van der Waals surface area contributed by atoms with E-state index in [1.165, 1.54) is 23.1 Å². The van der Waals surface area contributed by atoms with Crippen LogP contribution in [0.15, 0.2) is 22.5 Å². The number of ether oxygens (including phenoxy) is 1. The van der Waals surface area contributed by atoms with E-state index in [9.17, 15) is 4.79 Å². The van der Waals surface area contributed by atoms with E-state index in [0.29, 0.717) is 0 Å². The number of carboxylic acids is 1. The zero-order chi connectivity index (χ0) is 11.5. The Bertz CT molecular complexity index is 524. The molecule has 6 heteroatoms. The zero-order valence-electron chi connectivity index (χ0n) is 8.47. The molecule has 0 amide bonds. The molecule has 1 heterocycles. The summed E-state index contributed by atoms with van der Waals surface area (Å²) >= 11 is 2.73. The molecular weight excluding hydrogens is 246 g/mol. The van der Waals surface area contributed by atoms with E-state index in [0.717, 1.165) is 20.3 Å². The molecule has 0 bridgehead atoms. The highest BCUT2D eigenvalue weighted by atomic mass is 32.2. The molecule has 1 N–H and O–H groups in total. The van der Waals surface area contributed by atoms with Crippen LogP contribution < -0.4 is 4.74 Å². The Morgan fingerprint density at radius 2 is 2.44 bits per heavy atom. The molecule has 0 fully saturated rings. The number of carboxylic acid groups (broad SMARTS) is 1. The van der Waals surface area contributed by atoms with Crippen molar-refractivity contribution in [2.75, 3.05) is 12.9 Å². The second-order valence-corrected chi connectivity index (χ2v) is 5.25. The first-order valence-corrected chi connectivity index (χ1v) is 6.28. The minimum Gasteiger partial charge on any atom is -0.497 e. The summed E-state index contributed by atoms with van der Waals surface area (Å²) in [6.45, 7) is 0. The molecule has 84 valence electrons. The lowest BCUT2D eigenvalue weighted by Crippen LogP contribution is -1.96. The highest BCUT2D eigenvalue weighted by Crippen LogP contribution is 2.31. The van der Waals surface area contributed by atoms with E-state index >= 15 is 0 Å². The summed E-state index contributed by atoms with van der Waals surface area (Å²) in [5.41, 5.74) is 0.845. The van der Waals surface area contributed by atoms with Gasteiger partial charge in [-0.1, -0.05) is 11.8 Å². The molecule has 0 atom stereocenters. The lowest BCUT2D eigenvalue weighted by molar-refractivity contribution is -0.133. The van der Waals surface area contributed by atoms with Crippen molar-refractivity contribution in [3.8, 4) is 5.75 Å². The molecule has 1 aromatic carbocycles. The van der Waals surface area contributed by atoms with Crippen LogP contribution in [0, 0.1) is 0 Å². The lowest BCUT2D eigenvalue weighted by atomic mass is 10.3. The predicted octanol–water partition coefficient (Wildman–Crippen LogP) is 2.48. The molecule has 0 radical (unpaired) electrons. The molecule has 0 aliphatic heterocycles. The summed E-state index contributed by atoms with van der Waals surface area (Å²) in [5, 5.41) is 8.57. The molecule has 4 nitrogen and oxygen atoms in total. The Morgan fingerprint density at radius 1 is 1.62 bits per heavy atom. The van der Waals surface area contributed by atoms with Crippen molar-refractivity contribution in [3.05, 3.63) is 18.2 Å². The number of nitrogens with zero attached hydrogens (tertiary/aromatic N) is 1. The van der Waals surface area contributed by atoms with Gasteiger partial charge in [-0.05, 0) is 12.1 Å². The SMILES string of the molecule is COc1ccc2sc(SCC(=O)O)nc2c1. The third-order valence-corrected chi connectivity index (χ3v) is 4.06. The Kier molecular flexibility index (Phi) is 3.31. The van der Waals surface area contributed by atoms with Gasteiger partial charge in [-0.2, -0.15) is 0 Å². The van der Waals surface area contributed by atoms with Crippen LogP contribution in [-0.4, -0.2) is 28.9 Å². The molecule has 0 aliphatic carbocycles. The number of fused-ring (bicyclic) bond motifs is 1. The largest absolute Gasteiger partial charge is 0.497 e. The van der Waals surface area contributed by atoms with Crippen LogP contribution in [0.4, 0.5) is 0 Å². The van der Waals surface area contributed by atoms with E-state index in [-0.39, 0.29) is 5.75 Å². The van der Waals surface area contributed by atoms with Crippen molar-refractivity contribution in [1.82, 2.24) is 4.98 Å². The van der Waals surface area contributed by atoms with E-state index < -0.39 is 5.97 Å². The summed E-state index contributed by atoms with van der Waals surface area (Å²) in [5.74, 6) is -0.0360. The first-order valence-electron chi connectivity index (χ1n) is 4.48. The van der Waals surface area contributed by atoms with Crippen LogP contribution in [0.5, 0.6) is 5.75 Å². The van der Waals surface area contributed by atoms with Crippen molar-refractivity contribution in [1.29, 1.82) is 0 Å². The van der Waals surface area contributed by atoms with Crippen LogP contribution >= 0.6 is 23.1 Å². The number of hydrogen-bond donors (Lipinski definition) is 1. The van der Waals surface area contributed by atoms with Crippen LogP contribution in [0.3, 0.4) is 0 Å². The van der Waals surface area contributed by atoms with Gasteiger partial charge in [0.1, 0.15) is 5.75 Å². The molecule has 2 aromatic rings. The van der Waals surface area contributed by atoms with Gasteiger partial charge in [0.25, 0.3) is 0 Å². The van der Waals surface area contributed by atoms with Crippen molar-refractivity contribution >= 4 is 39.3 Å². The molecule has 16 heavy (non-hydrogen) atoms. The fourth-order valence-electron chi connectivity index (χ4n) is 1.20. The van der Waals surface area contributed by atoms with Gasteiger partial charge < -0.3 is 9.84 Å². The number of methoxy groups -OCH3 is 1. The Labute approximate surface area is 100 Å². The quantitative estimate of drug-likeness (QED) is 0.850. The number of thiazole rings is 1. The topological polar surface area (TPSA) is 59.4 Å². The Hall–Kier alpha value is -1.27. The minimum atomic E-state index is -0.832. The predicted molar refractivity (Wildman–Crippen MR) is 64.5 cm³/mol. The summed E-state index contributed by atoms with van der Waals surface area (Å²) in [6.07, 6.45) is 0. The fraction of sp³-hybridized carbons (Fsp3) is 0.200. The first kappa shape index (κ1) is 11.2. The van der Waals surface area contributed by atoms with Crippen LogP contribution in [0.25, 0.3) is 10.2 Å². The normalized spacial score (nSPS) is 10.6. The Morgan fingerprint density at radius 3 is 3.12 bits per heavy atom. The van der Waals surface area contributed by atoms with E-state index in [1.807, 2.05) is 18.2 Å². The highest BCUT2D eigenvalue weighted by molar-refractivity contribution is 8.01. The Balaban J connectivity index is 2.25. The van der Waals surface area contributed by atoms with Crippen molar-refractivity contribution in [2.45, 2.75) is 4.34 Å². The maximum Gasteiger partial charge on any atom is 0.313 e. The van der Waals surface area contributed by atoms with Crippen molar-refractivity contribution in [3.63, 3.8) is 0 Å². The molecule has 0 unspecified atom stereocenters. The average molecular weight is 255 g/mol. The maximum absolute atomic E-state index is 10.4. The molecular formula is C10H9NO3S2. The fourth-order valence-corrected chi connectivity index (χ4v) is 2.97. The molecule has 0 saturated heterocycles. The van der Waals surface area contributed by atoms with Gasteiger partial charge in [0.05, 0.1) is 23.1 Å². The molecule has 0 aliphatic rings. The van der Waals surface area contributed by atoms with Gasteiger partial charge in [0, 0.05) is 6.07 Å². The molecule has 2 rings (SSSR count). The standard InChI is InChI=1S/C10H9NO3S2/c1-14-6-2-3-8-7(4-6)11-10(16-8)15-5-9(12)13/h2-4H,5H2,1H3,(H,12,13). The lowest BCUT2D eigenvalue weighted by Gasteiger charge is -1.96. The van der Waals surface area contributed by atoms with Gasteiger partial charge in [-0.25, -0.2) is 4.98 Å². The maximum atomic E-state index is 10.4. The van der Waals surface area contributed by atoms with Gasteiger partial charge in [-0.15, -0.1) is 11.3 Å². The number of aliphatic carboxylic acids is 1. The summed E-state index contributed by atoms with van der Waals surface area (Å²) in [7, 11) is 1.60. The van der Waals surface area contributed by atoms with Crippen LogP contribution in [0.1, 0.15) is 0 Å². The van der Waals surface area contributed by atoms with Gasteiger partial charge >= 0.3 is 5.97 Å². The third-order valence-electron chi connectivity index (χ3n) is 1.89. The number of hydrogen-bond acceptors (Lipinski definition) is 5. The van der Waals surface area contributed by atoms with Gasteiger partial charge in [-0.3, -0.25) is 4.79 Å². The number of thioether (sulfide) groups is 1. The summed E-state index contributed by atoms with van der Waals surface area (Å²) < 4.78 is 6.90. The number of rotatable bonds is 4. The summed E-state index contributed by atoms with van der Waals surface area (Å²) in [4.78, 5) is 14.8. The van der Waals surface area contributed by atoms with Gasteiger partial charge in [0.15, 0.2) is 4.34 Å². The van der Waals surface area contributed by atoms with Gasteiger partial charge in [0.2, 0.25) is 0 Å². The number of carbonyl (C=O) groups is 1. The minimum absolute atomic E-state index is 0.0386. The molecule has 1 aromatic heterocycles. The number of benzene rings is 1. The smallest absolute Gasteiger partial charge is 0.313 e. The van der Waals surface area contributed by atoms with Crippen molar-refractivity contribution in [2.24, 2.45) is 0 Å². The monoisotopic (exact) mass is 255 g/mol. The molecule has 0 spiro atoms. The van der Waals surface area contributed by atoms with Crippen LogP contribution in [0.2, 0.25) is 0 Å². The number of aromatic nitrogens is 1. The second-order valence-electron chi connectivity index (χ2n) is 3.00. The summed E-state index contributed by atoms with van der Waals surface area (Å²) in [6, 6.07) is 5.64. The highest BCUT2D eigenvalue weighted by Gasteiger charge is 2.07. The third kappa shape index (κ3) is 2.45. The molecule has 0 saturated carbocycles. The first-order chi connectivity index (χ1) is 7.69. The van der Waals surface area contributed by atoms with Crippen molar-refractivity contribution < 1.29 is 14.6 Å². The van der Waals surface area contributed by atoms with Crippen LogP contribution in [-0.2, 0) is 4.79 Å². The zero-order valence-corrected chi connectivity index (χ0v) is 10.1. The second kappa shape index (κ2) is 4.71. The average Bonchev–Trinajstić information content (AvgIpc) is 2.67. The van der Waals surface area contributed by atoms with E-state index in [4.69, 9.17) is 9.84 Å². The van der Waals surface area contributed by atoms with E-state index in [1.54, 1.807) is 7.11 Å².